The molecule has 0 bridgehead atoms. The van der Waals surface area contributed by atoms with Gasteiger partial charge in [-0.3, -0.25) is 4.99 Å². The quantitative estimate of drug-likeness (QED) is 0.313. The van der Waals surface area contributed by atoms with Gasteiger partial charge >= 0.3 is 6.09 Å². The first-order valence-electron chi connectivity index (χ1n) is 10.00. The molecule has 3 N–H and O–H groups in total. The molecule has 8 heteroatoms. The van der Waals surface area contributed by atoms with Crippen molar-refractivity contribution < 1.29 is 19.0 Å². The van der Waals surface area contributed by atoms with Gasteiger partial charge in [-0.25, -0.2) is 4.79 Å². The predicted octanol–water partition coefficient (Wildman–Crippen LogP) is 3.06. The van der Waals surface area contributed by atoms with Crippen molar-refractivity contribution in [3.05, 3.63) is 23.8 Å². The van der Waals surface area contributed by atoms with E-state index < -0.39 is 11.7 Å². The number of ether oxygens (including phenoxy) is 3. The monoisotopic (exact) mass is 408 g/mol. The Kier molecular flexibility index (Phi) is 10.7. The highest BCUT2D eigenvalue weighted by molar-refractivity contribution is 5.79. The number of carbonyl (C=O) groups excluding carboxylic acids is 1. The first-order valence-corrected chi connectivity index (χ1v) is 10.00. The van der Waals surface area contributed by atoms with Gasteiger partial charge in [-0.1, -0.05) is 13.0 Å². The Morgan fingerprint density at radius 2 is 1.83 bits per heavy atom. The number of guanidine groups is 1. The van der Waals surface area contributed by atoms with Crippen LogP contribution in [0.3, 0.4) is 0 Å². The maximum absolute atomic E-state index is 11.6. The Hall–Kier alpha value is -2.64. The van der Waals surface area contributed by atoms with E-state index in [9.17, 15) is 4.79 Å². The van der Waals surface area contributed by atoms with Crippen molar-refractivity contribution in [1.29, 1.82) is 0 Å². The Balaban J connectivity index is 2.36. The molecule has 8 nitrogen and oxygen atoms in total. The van der Waals surface area contributed by atoms with E-state index in [0.29, 0.717) is 38.0 Å². The van der Waals surface area contributed by atoms with E-state index in [4.69, 9.17) is 14.2 Å². The average molecular weight is 409 g/mol. The van der Waals surface area contributed by atoms with Crippen molar-refractivity contribution in [3.8, 4) is 11.5 Å². The van der Waals surface area contributed by atoms with E-state index in [1.54, 1.807) is 14.2 Å². The average Bonchev–Trinajstić information content (AvgIpc) is 2.67. The summed E-state index contributed by atoms with van der Waals surface area (Å²) in [5.74, 6) is 2.15. The molecule has 0 fully saturated rings. The second-order valence-corrected chi connectivity index (χ2v) is 7.47. The van der Waals surface area contributed by atoms with Crippen LogP contribution in [0.2, 0.25) is 0 Å². The van der Waals surface area contributed by atoms with Crippen LogP contribution in [0.15, 0.2) is 23.2 Å². The SMILES string of the molecule is CCCOc1ccc(CNC(=NC)NCCCNC(=O)OC(C)(C)C)cc1OC. The van der Waals surface area contributed by atoms with Crippen molar-refractivity contribution in [2.45, 2.75) is 52.7 Å². The molecule has 0 aromatic heterocycles. The molecule has 0 saturated heterocycles. The normalized spacial score (nSPS) is 11.6. The third-order valence-electron chi connectivity index (χ3n) is 3.69. The zero-order chi connectivity index (χ0) is 21.7. The third kappa shape index (κ3) is 10.5. The number of nitrogens with zero attached hydrogens (tertiary/aromatic N) is 1. The van der Waals surface area contributed by atoms with Gasteiger partial charge in [0, 0.05) is 26.7 Å². The standard InChI is InChI=1S/C21H36N4O4/c1-7-13-28-17-10-9-16(14-18(17)27-6)15-25-19(22-5)23-11-8-12-24-20(26)29-21(2,3)4/h9-10,14H,7-8,11-13,15H2,1-6H3,(H,24,26)(H2,22,23,25). The summed E-state index contributed by atoms with van der Waals surface area (Å²) in [5, 5.41) is 9.22. The maximum Gasteiger partial charge on any atom is 0.407 e. The number of aliphatic imine (C=N–C) groups is 1. The lowest BCUT2D eigenvalue weighted by Gasteiger charge is -2.19. The van der Waals surface area contributed by atoms with E-state index in [-0.39, 0.29) is 0 Å². The maximum atomic E-state index is 11.6. The van der Waals surface area contributed by atoms with Crippen LogP contribution >= 0.6 is 0 Å². The fraction of sp³-hybridized carbons (Fsp3) is 0.619. The Bertz CT molecular complexity index is 657. The summed E-state index contributed by atoms with van der Waals surface area (Å²) >= 11 is 0. The Labute approximate surface area is 174 Å². The van der Waals surface area contributed by atoms with E-state index >= 15 is 0 Å². The van der Waals surface area contributed by atoms with Gasteiger partial charge < -0.3 is 30.2 Å². The third-order valence-corrected chi connectivity index (χ3v) is 3.69. The van der Waals surface area contributed by atoms with Gasteiger partial charge in [0.1, 0.15) is 5.60 Å². The first-order chi connectivity index (χ1) is 13.8. The largest absolute Gasteiger partial charge is 0.493 e. The van der Waals surface area contributed by atoms with E-state index in [0.717, 1.165) is 24.2 Å². The highest BCUT2D eigenvalue weighted by atomic mass is 16.6. The van der Waals surface area contributed by atoms with Crippen LogP contribution in [0.5, 0.6) is 11.5 Å². The number of nitrogens with one attached hydrogen (secondary N) is 3. The van der Waals surface area contributed by atoms with Crippen LogP contribution < -0.4 is 25.4 Å². The topological polar surface area (TPSA) is 93.2 Å². The molecule has 0 radical (unpaired) electrons. The number of hydrogen-bond acceptors (Lipinski definition) is 5. The van der Waals surface area contributed by atoms with Gasteiger partial charge in [-0.15, -0.1) is 0 Å². The van der Waals surface area contributed by atoms with E-state index in [2.05, 4.69) is 27.9 Å². The second-order valence-electron chi connectivity index (χ2n) is 7.47. The van der Waals surface area contributed by atoms with Crippen molar-refractivity contribution in [3.63, 3.8) is 0 Å². The van der Waals surface area contributed by atoms with Gasteiger partial charge in [-0.05, 0) is 51.3 Å². The van der Waals surface area contributed by atoms with Gasteiger partial charge in [0.2, 0.25) is 0 Å². The van der Waals surface area contributed by atoms with Crippen LogP contribution in [0, 0.1) is 0 Å². The van der Waals surface area contributed by atoms with Gasteiger partial charge in [-0.2, -0.15) is 0 Å². The minimum absolute atomic E-state index is 0.402. The highest BCUT2D eigenvalue weighted by Gasteiger charge is 2.15. The minimum Gasteiger partial charge on any atom is -0.493 e. The smallest absolute Gasteiger partial charge is 0.407 e. The van der Waals surface area contributed by atoms with Crippen molar-refractivity contribution in [1.82, 2.24) is 16.0 Å². The first kappa shape index (κ1) is 24.4. The summed E-state index contributed by atoms with van der Waals surface area (Å²) in [5.41, 5.74) is 0.567. The molecular formula is C21H36N4O4. The Morgan fingerprint density at radius 1 is 1.10 bits per heavy atom. The van der Waals surface area contributed by atoms with Crippen LogP contribution in [-0.2, 0) is 11.3 Å². The second kappa shape index (κ2) is 12.7. The van der Waals surface area contributed by atoms with Crippen LogP contribution in [-0.4, -0.2) is 51.5 Å². The molecule has 0 atom stereocenters. The van der Waals surface area contributed by atoms with Gasteiger partial charge in [0.05, 0.1) is 13.7 Å². The number of rotatable bonds is 10. The van der Waals surface area contributed by atoms with Crippen molar-refractivity contribution in [2.24, 2.45) is 4.99 Å². The number of alkyl carbamates (subject to hydrolysis) is 1. The van der Waals surface area contributed by atoms with Crippen LogP contribution in [0.25, 0.3) is 0 Å². The lowest BCUT2D eigenvalue weighted by molar-refractivity contribution is 0.0527. The fourth-order valence-electron chi connectivity index (χ4n) is 2.36. The molecule has 0 aliphatic carbocycles. The summed E-state index contributed by atoms with van der Waals surface area (Å²) in [6.07, 6.45) is 1.29. The van der Waals surface area contributed by atoms with E-state index in [1.165, 1.54) is 0 Å². The molecule has 1 rings (SSSR count). The van der Waals surface area contributed by atoms with Crippen LogP contribution in [0.4, 0.5) is 4.79 Å². The molecule has 1 aromatic rings. The van der Waals surface area contributed by atoms with Crippen molar-refractivity contribution in [2.75, 3.05) is 33.9 Å². The van der Waals surface area contributed by atoms with Crippen molar-refractivity contribution >= 4 is 12.1 Å². The molecule has 0 aliphatic heterocycles. The number of methoxy groups -OCH3 is 1. The number of amides is 1. The summed E-state index contributed by atoms with van der Waals surface area (Å²) in [6, 6.07) is 5.87. The molecule has 1 aromatic carbocycles. The molecule has 0 saturated carbocycles. The number of benzene rings is 1. The highest BCUT2D eigenvalue weighted by Crippen LogP contribution is 2.28. The summed E-state index contributed by atoms with van der Waals surface area (Å²) in [6.45, 7) is 10.0. The zero-order valence-electron chi connectivity index (χ0n) is 18.6. The summed E-state index contributed by atoms with van der Waals surface area (Å²) < 4.78 is 16.3. The van der Waals surface area contributed by atoms with E-state index in [1.807, 2.05) is 39.0 Å². The molecule has 164 valence electrons. The van der Waals surface area contributed by atoms with Gasteiger partial charge in [0.25, 0.3) is 0 Å². The summed E-state index contributed by atoms with van der Waals surface area (Å²) in [4.78, 5) is 15.8. The number of hydrogen-bond donors (Lipinski definition) is 3. The number of carbonyl (C=O) groups is 1. The molecule has 0 heterocycles. The predicted molar refractivity (Wildman–Crippen MR) is 116 cm³/mol. The Morgan fingerprint density at radius 3 is 2.45 bits per heavy atom. The zero-order valence-corrected chi connectivity index (χ0v) is 18.6. The summed E-state index contributed by atoms with van der Waals surface area (Å²) in [7, 11) is 3.35. The molecule has 0 aliphatic rings. The molecule has 0 spiro atoms. The lowest BCUT2D eigenvalue weighted by Crippen LogP contribution is -2.39. The minimum atomic E-state index is -0.489. The lowest BCUT2D eigenvalue weighted by atomic mass is 10.2. The molecule has 29 heavy (non-hydrogen) atoms. The van der Waals surface area contributed by atoms with Crippen LogP contribution in [0.1, 0.15) is 46.1 Å². The molecule has 1 amide bonds. The molecular weight excluding hydrogens is 372 g/mol. The van der Waals surface area contributed by atoms with Gasteiger partial charge in [0.15, 0.2) is 17.5 Å². The fourth-order valence-corrected chi connectivity index (χ4v) is 2.36. The molecule has 0 unspecified atom stereocenters.